The van der Waals surface area contributed by atoms with Crippen molar-refractivity contribution in [3.8, 4) is 0 Å². The average Bonchev–Trinajstić information content (AvgIpc) is 2.17. The first-order valence-electron chi connectivity index (χ1n) is 7.98. The van der Waals surface area contributed by atoms with E-state index in [1.54, 1.807) is 0 Å². The van der Waals surface area contributed by atoms with E-state index in [2.05, 4.69) is 37.9 Å². The van der Waals surface area contributed by atoms with Crippen molar-refractivity contribution in [1.82, 2.24) is 10.2 Å². The Labute approximate surface area is 114 Å². The fourth-order valence-corrected chi connectivity index (χ4v) is 3.21. The molecule has 2 heteroatoms. The van der Waals surface area contributed by atoms with Crippen molar-refractivity contribution in [3.63, 3.8) is 0 Å². The van der Waals surface area contributed by atoms with Crippen LogP contribution in [0.25, 0.3) is 0 Å². The summed E-state index contributed by atoms with van der Waals surface area (Å²) in [6, 6.07) is 0.866. The minimum Gasteiger partial charge on any atom is -0.312 e. The Hall–Kier alpha value is -0.0800. The average molecular weight is 252 g/mol. The first kappa shape index (κ1) is 14.3. The van der Waals surface area contributed by atoms with Gasteiger partial charge in [-0.1, -0.05) is 13.3 Å². The zero-order valence-electron chi connectivity index (χ0n) is 12.8. The van der Waals surface area contributed by atoms with Crippen molar-refractivity contribution >= 4 is 0 Å². The molecular weight excluding hydrogens is 220 g/mol. The molecule has 2 rings (SSSR count). The maximum absolute atomic E-state index is 3.69. The predicted octanol–water partition coefficient (Wildman–Crippen LogP) is 3.28. The molecule has 0 radical (unpaired) electrons. The normalized spacial score (nSPS) is 29.2. The fraction of sp³-hybridized carbons (Fsp3) is 1.00. The third-order valence-electron chi connectivity index (χ3n) is 4.86. The molecular formula is C16H32N2. The quantitative estimate of drug-likeness (QED) is 0.780. The highest BCUT2D eigenvalue weighted by atomic mass is 15.2. The largest absolute Gasteiger partial charge is 0.312 e. The van der Waals surface area contributed by atoms with Crippen LogP contribution in [0.2, 0.25) is 0 Å². The summed E-state index contributed by atoms with van der Waals surface area (Å²) in [5, 5.41) is 3.69. The third-order valence-corrected chi connectivity index (χ3v) is 4.86. The highest BCUT2D eigenvalue weighted by Gasteiger charge is 2.36. The van der Waals surface area contributed by atoms with E-state index in [1.165, 1.54) is 51.7 Å². The summed E-state index contributed by atoms with van der Waals surface area (Å²) < 4.78 is 0. The first-order valence-corrected chi connectivity index (χ1v) is 7.98. The van der Waals surface area contributed by atoms with Crippen LogP contribution in [0.1, 0.15) is 59.8 Å². The zero-order chi connectivity index (χ0) is 13.2. The molecule has 2 aliphatic rings. The van der Waals surface area contributed by atoms with Gasteiger partial charge in [0.05, 0.1) is 0 Å². The molecule has 2 unspecified atom stereocenters. The second-order valence-corrected chi connectivity index (χ2v) is 7.42. The van der Waals surface area contributed by atoms with E-state index < -0.39 is 0 Å². The summed E-state index contributed by atoms with van der Waals surface area (Å²) in [5.74, 6) is 1.91. The van der Waals surface area contributed by atoms with Crippen LogP contribution in [0.3, 0.4) is 0 Å². The van der Waals surface area contributed by atoms with Gasteiger partial charge in [-0.25, -0.2) is 0 Å². The maximum atomic E-state index is 3.69. The van der Waals surface area contributed by atoms with Crippen LogP contribution in [-0.2, 0) is 0 Å². The lowest BCUT2D eigenvalue weighted by molar-refractivity contribution is 0.0387. The van der Waals surface area contributed by atoms with Gasteiger partial charge in [-0.05, 0) is 71.4 Å². The number of nitrogens with one attached hydrogen (secondary N) is 1. The van der Waals surface area contributed by atoms with Crippen LogP contribution in [-0.4, -0.2) is 36.1 Å². The van der Waals surface area contributed by atoms with E-state index in [0.717, 1.165) is 17.9 Å². The highest BCUT2D eigenvalue weighted by Crippen LogP contribution is 2.35. The van der Waals surface area contributed by atoms with E-state index in [1.807, 2.05) is 0 Å². The van der Waals surface area contributed by atoms with Gasteiger partial charge in [-0.15, -0.1) is 0 Å². The molecule has 0 amide bonds. The molecule has 2 atom stereocenters. The minimum absolute atomic E-state index is 0.269. The lowest BCUT2D eigenvalue weighted by Gasteiger charge is -2.47. The SMILES string of the molecule is CCN(CC1CCC1)C1CCC1CNC(C)(C)C. The van der Waals surface area contributed by atoms with E-state index in [9.17, 15) is 0 Å². The molecule has 0 aromatic heterocycles. The molecule has 0 saturated heterocycles. The standard InChI is InChI=1S/C16H32N2/c1-5-18(12-13-7-6-8-13)15-10-9-14(15)11-17-16(2,3)4/h13-15,17H,5-12H2,1-4H3. The molecule has 2 nitrogen and oxygen atoms in total. The molecule has 2 saturated carbocycles. The highest BCUT2D eigenvalue weighted by molar-refractivity contribution is 4.92. The van der Waals surface area contributed by atoms with Crippen LogP contribution in [0.4, 0.5) is 0 Å². The topological polar surface area (TPSA) is 15.3 Å². The second kappa shape index (κ2) is 5.92. The molecule has 1 N–H and O–H groups in total. The van der Waals surface area contributed by atoms with Crippen LogP contribution < -0.4 is 5.32 Å². The van der Waals surface area contributed by atoms with Gasteiger partial charge in [-0.3, -0.25) is 0 Å². The summed E-state index contributed by atoms with van der Waals surface area (Å²) in [7, 11) is 0. The van der Waals surface area contributed by atoms with Crippen molar-refractivity contribution in [2.75, 3.05) is 19.6 Å². The Balaban J connectivity index is 1.76. The van der Waals surface area contributed by atoms with E-state index in [-0.39, 0.29) is 5.54 Å². The second-order valence-electron chi connectivity index (χ2n) is 7.42. The molecule has 106 valence electrons. The van der Waals surface area contributed by atoms with Gasteiger partial charge in [-0.2, -0.15) is 0 Å². The summed E-state index contributed by atoms with van der Waals surface area (Å²) in [6.07, 6.45) is 7.29. The van der Waals surface area contributed by atoms with Crippen molar-refractivity contribution in [2.45, 2.75) is 71.4 Å². The Morgan fingerprint density at radius 2 is 1.83 bits per heavy atom. The van der Waals surface area contributed by atoms with Gasteiger partial charge in [0.1, 0.15) is 0 Å². The van der Waals surface area contributed by atoms with Gasteiger partial charge < -0.3 is 10.2 Å². The molecule has 0 heterocycles. The number of hydrogen-bond acceptors (Lipinski definition) is 2. The number of nitrogens with zero attached hydrogens (tertiary/aromatic N) is 1. The Morgan fingerprint density at radius 3 is 2.22 bits per heavy atom. The van der Waals surface area contributed by atoms with Crippen LogP contribution in [0.5, 0.6) is 0 Å². The smallest absolute Gasteiger partial charge is 0.0136 e. The zero-order valence-corrected chi connectivity index (χ0v) is 12.8. The van der Waals surface area contributed by atoms with Gasteiger partial charge in [0.15, 0.2) is 0 Å². The molecule has 18 heavy (non-hydrogen) atoms. The van der Waals surface area contributed by atoms with Crippen LogP contribution in [0.15, 0.2) is 0 Å². The van der Waals surface area contributed by atoms with E-state index >= 15 is 0 Å². The van der Waals surface area contributed by atoms with Gasteiger partial charge in [0.2, 0.25) is 0 Å². The number of rotatable bonds is 6. The lowest BCUT2D eigenvalue weighted by atomic mass is 9.76. The van der Waals surface area contributed by atoms with Crippen molar-refractivity contribution in [1.29, 1.82) is 0 Å². The van der Waals surface area contributed by atoms with Crippen molar-refractivity contribution < 1.29 is 0 Å². The summed E-state index contributed by atoms with van der Waals surface area (Å²) >= 11 is 0. The van der Waals surface area contributed by atoms with Crippen LogP contribution >= 0.6 is 0 Å². The minimum atomic E-state index is 0.269. The number of hydrogen-bond donors (Lipinski definition) is 1. The molecule has 0 aromatic rings. The van der Waals surface area contributed by atoms with Crippen LogP contribution in [0, 0.1) is 11.8 Å². The summed E-state index contributed by atoms with van der Waals surface area (Å²) in [6.45, 7) is 13.0. The Bertz CT molecular complexity index is 252. The Kier molecular flexibility index (Phi) is 4.71. The first-order chi connectivity index (χ1) is 8.49. The molecule has 0 spiro atoms. The fourth-order valence-electron chi connectivity index (χ4n) is 3.21. The maximum Gasteiger partial charge on any atom is 0.0136 e. The van der Waals surface area contributed by atoms with Gasteiger partial charge in [0, 0.05) is 18.1 Å². The molecule has 0 aliphatic heterocycles. The van der Waals surface area contributed by atoms with E-state index in [0.29, 0.717) is 0 Å². The molecule has 0 aromatic carbocycles. The summed E-state index contributed by atoms with van der Waals surface area (Å²) in [5.41, 5.74) is 0.269. The monoisotopic (exact) mass is 252 g/mol. The van der Waals surface area contributed by atoms with E-state index in [4.69, 9.17) is 0 Å². The van der Waals surface area contributed by atoms with Crippen molar-refractivity contribution in [3.05, 3.63) is 0 Å². The third kappa shape index (κ3) is 3.71. The molecule has 0 bridgehead atoms. The van der Waals surface area contributed by atoms with Crippen molar-refractivity contribution in [2.24, 2.45) is 11.8 Å². The summed E-state index contributed by atoms with van der Waals surface area (Å²) in [4.78, 5) is 2.77. The van der Waals surface area contributed by atoms with Gasteiger partial charge >= 0.3 is 0 Å². The lowest BCUT2D eigenvalue weighted by Crippen LogP contribution is -2.54. The Morgan fingerprint density at radius 1 is 1.11 bits per heavy atom. The molecule has 2 aliphatic carbocycles. The predicted molar refractivity (Wildman–Crippen MR) is 78.9 cm³/mol. The molecule has 2 fully saturated rings. The van der Waals surface area contributed by atoms with Gasteiger partial charge in [0.25, 0.3) is 0 Å².